The summed E-state index contributed by atoms with van der Waals surface area (Å²) in [6.07, 6.45) is 3.59. The maximum Gasteiger partial charge on any atom is 0.325 e. The number of aromatic nitrogens is 1. The van der Waals surface area contributed by atoms with E-state index in [-0.39, 0.29) is 18.6 Å². The number of likely N-dealkylation sites (tertiary alicyclic amines) is 1. The highest BCUT2D eigenvalue weighted by Gasteiger charge is 2.32. The summed E-state index contributed by atoms with van der Waals surface area (Å²) in [6.45, 7) is 2.59. The minimum atomic E-state index is -0.467. The van der Waals surface area contributed by atoms with Gasteiger partial charge in [-0.15, -0.1) is 0 Å². The Morgan fingerprint density at radius 3 is 3.10 bits per heavy atom. The first kappa shape index (κ1) is 15.3. The smallest absolute Gasteiger partial charge is 0.325 e. The quantitative estimate of drug-likeness (QED) is 0.835. The first-order chi connectivity index (χ1) is 10.2. The molecule has 1 atom stereocenters. The molecule has 0 unspecified atom stereocenters. The summed E-state index contributed by atoms with van der Waals surface area (Å²) in [6, 6.07) is 1.56. The van der Waals surface area contributed by atoms with Crippen molar-refractivity contribution in [3.63, 3.8) is 0 Å². The molecule has 1 aromatic heterocycles. The van der Waals surface area contributed by atoms with E-state index in [1.54, 1.807) is 4.90 Å². The van der Waals surface area contributed by atoms with Crippen LogP contribution in [0.25, 0.3) is 0 Å². The third kappa shape index (κ3) is 3.74. The van der Waals surface area contributed by atoms with Gasteiger partial charge in [0.25, 0.3) is 0 Å². The lowest BCUT2D eigenvalue weighted by atomic mass is 10.1. The second-order valence-corrected chi connectivity index (χ2v) is 5.05. The van der Waals surface area contributed by atoms with Gasteiger partial charge < -0.3 is 19.5 Å². The van der Waals surface area contributed by atoms with Crippen molar-refractivity contribution in [2.45, 2.75) is 38.6 Å². The Hall–Kier alpha value is -2.05. The molecule has 7 nitrogen and oxygen atoms in total. The van der Waals surface area contributed by atoms with Crippen LogP contribution in [0, 0.1) is 0 Å². The Morgan fingerprint density at radius 2 is 2.38 bits per heavy atom. The average Bonchev–Trinajstić information content (AvgIpc) is 3.13. The number of urea groups is 1. The SMILES string of the molecule is CCCc1cc([C@@H]2CCCN2C(=O)NCC(=O)OC)no1. The van der Waals surface area contributed by atoms with E-state index in [1.165, 1.54) is 7.11 Å². The van der Waals surface area contributed by atoms with Crippen molar-refractivity contribution in [1.82, 2.24) is 15.4 Å². The molecule has 1 saturated heterocycles. The van der Waals surface area contributed by atoms with Crippen LogP contribution < -0.4 is 5.32 Å². The van der Waals surface area contributed by atoms with Crippen molar-refractivity contribution in [3.05, 3.63) is 17.5 Å². The fourth-order valence-corrected chi connectivity index (χ4v) is 2.49. The zero-order valence-corrected chi connectivity index (χ0v) is 12.4. The van der Waals surface area contributed by atoms with Gasteiger partial charge in [-0.2, -0.15) is 0 Å². The molecule has 21 heavy (non-hydrogen) atoms. The van der Waals surface area contributed by atoms with Crippen molar-refractivity contribution in [3.8, 4) is 0 Å². The van der Waals surface area contributed by atoms with Crippen LogP contribution in [0.5, 0.6) is 0 Å². The summed E-state index contributed by atoms with van der Waals surface area (Å²) in [5.41, 5.74) is 0.782. The van der Waals surface area contributed by atoms with Crippen LogP contribution in [0.4, 0.5) is 4.79 Å². The molecule has 2 amide bonds. The summed E-state index contributed by atoms with van der Waals surface area (Å²) >= 11 is 0. The number of ether oxygens (including phenoxy) is 1. The topological polar surface area (TPSA) is 84.7 Å². The van der Waals surface area contributed by atoms with Crippen molar-refractivity contribution in [2.24, 2.45) is 0 Å². The number of hydrogen-bond donors (Lipinski definition) is 1. The predicted molar refractivity (Wildman–Crippen MR) is 74.6 cm³/mol. The number of nitrogens with zero attached hydrogens (tertiary/aromatic N) is 2. The van der Waals surface area contributed by atoms with Gasteiger partial charge >= 0.3 is 12.0 Å². The number of nitrogens with one attached hydrogen (secondary N) is 1. The van der Waals surface area contributed by atoms with Crippen LogP contribution in [-0.2, 0) is 16.0 Å². The maximum absolute atomic E-state index is 12.1. The Bertz CT molecular complexity index is 500. The van der Waals surface area contributed by atoms with Gasteiger partial charge in [0.05, 0.1) is 13.2 Å². The molecule has 1 aliphatic rings. The van der Waals surface area contributed by atoms with E-state index in [0.717, 1.165) is 37.1 Å². The van der Waals surface area contributed by atoms with Gasteiger partial charge in [-0.25, -0.2) is 4.79 Å². The average molecular weight is 295 g/mol. The number of rotatable bonds is 5. The summed E-state index contributed by atoms with van der Waals surface area (Å²) in [7, 11) is 1.29. The van der Waals surface area contributed by atoms with Gasteiger partial charge in [0, 0.05) is 19.0 Å². The molecule has 116 valence electrons. The van der Waals surface area contributed by atoms with Crippen molar-refractivity contribution >= 4 is 12.0 Å². The summed E-state index contributed by atoms with van der Waals surface area (Å²) in [4.78, 5) is 24.9. The molecule has 0 spiro atoms. The Balaban J connectivity index is 1.98. The number of hydrogen-bond acceptors (Lipinski definition) is 5. The molecule has 1 fully saturated rings. The van der Waals surface area contributed by atoms with Gasteiger partial charge in [-0.05, 0) is 19.3 Å². The predicted octanol–water partition coefficient (Wildman–Crippen LogP) is 1.65. The highest BCUT2D eigenvalue weighted by atomic mass is 16.5. The van der Waals surface area contributed by atoms with E-state index in [0.29, 0.717) is 6.54 Å². The lowest BCUT2D eigenvalue weighted by Gasteiger charge is -2.22. The van der Waals surface area contributed by atoms with Crippen LogP contribution in [0.2, 0.25) is 0 Å². The highest BCUT2D eigenvalue weighted by molar-refractivity contribution is 5.81. The number of methoxy groups -OCH3 is 1. The highest BCUT2D eigenvalue weighted by Crippen LogP contribution is 2.31. The Labute approximate surface area is 123 Å². The molecule has 1 N–H and O–H groups in total. The lowest BCUT2D eigenvalue weighted by Crippen LogP contribution is -2.41. The van der Waals surface area contributed by atoms with Gasteiger partial charge in [-0.1, -0.05) is 12.1 Å². The largest absolute Gasteiger partial charge is 0.468 e. The van der Waals surface area contributed by atoms with E-state index in [9.17, 15) is 9.59 Å². The first-order valence-corrected chi connectivity index (χ1v) is 7.22. The zero-order chi connectivity index (χ0) is 15.2. The molecule has 0 saturated carbocycles. The molecule has 1 aliphatic heterocycles. The van der Waals surface area contributed by atoms with Crippen LogP contribution in [0.1, 0.15) is 43.7 Å². The lowest BCUT2D eigenvalue weighted by molar-refractivity contribution is -0.139. The molecular formula is C14H21N3O4. The Morgan fingerprint density at radius 1 is 1.57 bits per heavy atom. The Kier molecular flexibility index (Phi) is 5.19. The maximum atomic E-state index is 12.1. The second-order valence-electron chi connectivity index (χ2n) is 5.05. The third-order valence-electron chi connectivity index (χ3n) is 3.54. The monoisotopic (exact) mass is 295 g/mol. The minimum absolute atomic E-state index is 0.0861. The number of aryl methyl sites for hydroxylation is 1. The molecule has 0 bridgehead atoms. The normalized spacial score (nSPS) is 17.8. The number of carbonyl (C=O) groups is 2. The summed E-state index contributed by atoms with van der Waals surface area (Å²) < 4.78 is 9.78. The zero-order valence-electron chi connectivity index (χ0n) is 12.4. The van der Waals surface area contributed by atoms with E-state index >= 15 is 0 Å². The van der Waals surface area contributed by atoms with Crippen molar-refractivity contribution < 1.29 is 18.8 Å². The van der Waals surface area contributed by atoms with E-state index in [1.807, 2.05) is 6.07 Å². The molecule has 1 aromatic rings. The molecule has 0 aromatic carbocycles. The van der Waals surface area contributed by atoms with E-state index in [2.05, 4.69) is 22.1 Å². The molecular weight excluding hydrogens is 274 g/mol. The van der Waals surface area contributed by atoms with Crippen LogP contribution in [-0.4, -0.2) is 42.3 Å². The number of esters is 1. The van der Waals surface area contributed by atoms with Gasteiger partial charge in [0.2, 0.25) is 0 Å². The first-order valence-electron chi connectivity index (χ1n) is 7.22. The fraction of sp³-hybridized carbons (Fsp3) is 0.643. The fourth-order valence-electron chi connectivity index (χ4n) is 2.49. The number of amides is 2. The van der Waals surface area contributed by atoms with Crippen molar-refractivity contribution in [2.75, 3.05) is 20.2 Å². The van der Waals surface area contributed by atoms with Crippen LogP contribution >= 0.6 is 0 Å². The standard InChI is InChI=1S/C14H21N3O4/c1-3-5-10-8-11(16-21-10)12-6-4-7-17(12)14(19)15-9-13(18)20-2/h8,12H,3-7,9H2,1-2H3,(H,15,19)/t12-/m0/s1. The number of carbonyl (C=O) groups excluding carboxylic acids is 2. The second kappa shape index (κ2) is 7.10. The van der Waals surface area contributed by atoms with Gasteiger partial charge in [0.1, 0.15) is 18.0 Å². The van der Waals surface area contributed by atoms with Crippen LogP contribution in [0.3, 0.4) is 0 Å². The summed E-state index contributed by atoms with van der Waals surface area (Å²) in [5, 5.41) is 6.63. The van der Waals surface area contributed by atoms with Crippen molar-refractivity contribution in [1.29, 1.82) is 0 Å². The van der Waals surface area contributed by atoms with Crippen LogP contribution in [0.15, 0.2) is 10.6 Å². The third-order valence-corrected chi connectivity index (χ3v) is 3.54. The minimum Gasteiger partial charge on any atom is -0.468 e. The molecule has 0 aliphatic carbocycles. The van der Waals surface area contributed by atoms with Gasteiger partial charge in [0.15, 0.2) is 0 Å². The molecule has 2 rings (SSSR count). The van der Waals surface area contributed by atoms with E-state index < -0.39 is 5.97 Å². The molecule has 2 heterocycles. The van der Waals surface area contributed by atoms with E-state index in [4.69, 9.17) is 4.52 Å². The van der Waals surface area contributed by atoms with Gasteiger partial charge in [-0.3, -0.25) is 4.79 Å². The molecule has 0 radical (unpaired) electrons. The summed E-state index contributed by atoms with van der Waals surface area (Å²) in [5.74, 6) is 0.375. The molecule has 7 heteroatoms.